The van der Waals surface area contributed by atoms with Crippen LogP contribution in [-0.2, 0) is 0 Å². The monoisotopic (exact) mass is 228 g/mol. The molecule has 0 amide bonds. The summed E-state index contributed by atoms with van der Waals surface area (Å²) in [4.78, 5) is 0. The molecule has 14 heavy (non-hydrogen) atoms. The minimum Gasteiger partial charge on any atom is -1.00 e. The topological polar surface area (TPSA) is 0 Å². The maximum Gasteiger partial charge on any atom is -1.00 e. The standard InChI is InChI=1S/2C4H9.2C2H5.2Al.2H/c2*1-4(2)3;2*1-2;;;;/h2*4H,1H2,2-3H3;2*1H2,2H3;;;;/q;;;;2*+1;2*-1. The zero-order chi connectivity index (χ0) is 11.4. The summed E-state index contributed by atoms with van der Waals surface area (Å²) < 4.78 is 0. The fourth-order valence-corrected chi connectivity index (χ4v) is 3.15. The molecular formula is C12H30Al2. The van der Waals surface area contributed by atoms with Crippen LogP contribution in [0.2, 0.25) is 21.1 Å². The van der Waals surface area contributed by atoms with Crippen molar-refractivity contribution in [3.05, 3.63) is 0 Å². The molecule has 0 saturated carbocycles. The van der Waals surface area contributed by atoms with Gasteiger partial charge in [0.05, 0.1) is 0 Å². The van der Waals surface area contributed by atoms with Crippen LogP contribution in [0.15, 0.2) is 0 Å². The molecule has 0 heterocycles. The van der Waals surface area contributed by atoms with Crippen molar-refractivity contribution in [3.63, 3.8) is 0 Å². The molecule has 0 aromatic heterocycles. The first kappa shape index (κ1) is 17.5. The fourth-order valence-electron chi connectivity index (χ4n) is 1.05. The van der Waals surface area contributed by atoms with Gasteiger partial charge in [0.15, 0.2) is 0 Å². The molecule has 0 aliphatic rings. The molecule has 0 aromatic rings. The van der Waals surface area contributed by atoms with Gasteiger partial charge >= 0.3 is 105 Å². The van der Waals surface area contributed by atoms with E-state index in [2.05, 4.69) is 41.5 Å². The number of hydrogen-bond acceptors (Lipinski definition) is 0. The van der Waals surface area contributed by atoms with Crippen LogP contribution >= 0.6 is 0 Å². The van der Waals surface area contributed by atoms with Gasteiger partial charge < -0.3 is 2.85 Å². The Balaban J connectivity index is -0.0000000904. The van der Waals surface area contributed by atoms with Gasteiger partial charge in [-0.25, -0.2) is 0 Å². The Morgan fingerprint density at radius 2 is 1.14 bits per heavy atom. The van der Waals surface area contributed by atoms with Gasteiger partial charge in [0.2, 0.25) is 0 Å². The summed E-state index contributed by atoms with van der Waals surface area (Å²) in [5, 5.41) is 5.82. The van der Waals surface area contributed by atoms with Gasteiger partial charge in [-0.05, 0) is 0 Å². The SMILES string of the molecule is CC(C)[CH2][Al+][CH2]C(C)C.C[CH2][Al+][CH2]C.[H-].[H-]. The predicted molar refractivity (Wildman–Crippen MR) is 74.0 cm³/mol. The molecule has 0 radical (unpaired) electrons. The van der Waals surface area contributed by atoms with Crippen LogP contribution < -0.4 is 0 Å². The smallest absolute Gasteiger partial charge is 1.00 e. The quantitative estimate of drug-likeness (QED) is 0.581. The van der Waals surface area contributed by atoms with Gasteiger partial charge in [-0.2, -0.15) is 0 Å². The molecule has 0 bridgehead atoms. The summed E-state index contributed by atoms with van der Waals surface area (Å²) in [5.41, 5.74) is 0. The Bertz CT molecular complexity index is 89.0. The molecule has 0 aliphatic heterocycles. The van der Waals surface area contributed by atoms with Gasteiger partial charge in [-0.1, -0.05) is 0 Å². The maximum atomic E-state index is 2.31. The van der Waals surface area contributed by atoms with Gasteiger partial charge in [-0.3, -0.25) is 0 Å². The van der Waals surface area contributed by atoms with E-state index in [1.807, 2.05) is 0 Å². The van der Waals surface area contributed by atoms with E-state index in [9.17, 15) is 0 Å². The Morgan fingerprint density at radius 3 is 1.29 bits per heavy atom. The minimum absolute atomic E-state index is 0. The maximum absolute atomic E-state index is 2.31. The molecule has 0 N–H and O–H groups in total. The molecule has 0 rings (SSSR count). The molecule has 0 nitrogen and oxygen atoms in total. The first-order valence-electron chi connectivity index (χ1n) is 6.17. The van der Waals surface area contributed by atoms with Crippen LogP contribution in [0.3, 0.4) is 0 Å². The van der Waals surface area contributed by atoms with E-state index in [0.717, 1.165) is 42.3 Å². The van der Waals surface area contributed by atoms with Crippen molar-refractivity contribution in [1.82, 2.24) is 0 Å². The normalized spacial score (nSPS) is 9.14. The zero-order valence-electron chi connectivity index (χ0n) is 13.1. The van der Waals surface area contributed by atoms with E-state index in [1.165, 1.54) is 21.1 Å². The largest absolute Gasteiger partial charge is 1.00 e. The molecule has 0 aromatic carbocycles. The van der Waals surface area contributed by atoms with Crippen LogP contribution in [-0.4, -0.2) is 30.4 Å². The first-order chi connectivity index (χ1) is 6.54. The predicted octanol–water partition coefficient (Wildman–Crippen LogP) is 4.63. The van der Waals surface area contributed by atoms with Crippen LogP contribution in [0.1, 0.15) is 44.4 Å². The van der Waals surface area contributed by atoms with Crippen LogP contribution in [0.5, 0.6) is 0 Å². The third-order valence-corrected chi connectivity index (χ3v) is 5.56. The molecule has 0 atom stereocenters. The Labute approximate surface area is 108 Å². The average Bonchev–Trinajstić information content (AvgIpc) is 2.05. The first-order valence-corrected chi connectivity index (χ1v) is 9.44. The molecule has 0 saturated heterocycles. The van der Waals surface area contributed by atoms with Crippen molar-refractivity contribution in [2.24, 2.45) is 11.8 Å². The van der Waals surface area contributed by atoms with E-state index in [-0.39, 0.29) is 2.85 Å². The van der Waals surface area contributed by atoms with Crippen molar-refractivity contribution < 1.29 is 2.85 Å². The van der Waals surface area contributed by atoms with Crippen molar-refractivity contribution in [2.45, 2.75) is 62.7 Å². The molecule has 0 spiro atoms. The Morgan fingerprint density at radius 1 is 0.786 bits per heavy atom. The molecular weight excluding hydrogens is 198 g/mol. The molecule has 0 unspecified atom stereocenters. The molecule has 84 valence electrons. The average molecular weight is 228 g/mol. The Hall–Kier alpha value is 1.06. The molecule has 0 aliphatic carbocycles. The van der Waals surface area contributed by atoms with Crippen molar-refractivity contribution in [1.29, 1.82) is 0 Å². The third-order valence-electron chi connectivity index (χ3n) is 1.85. The second-order valence-electron chi connectivity index (χ2n) is 4.65. The second-order valence-corrected chi connectivity index (χ2v) is 8.38. The van der Waals surface area contributed by atoms with Crippen molar-refractivity contribution >= 4 is 30.4 Å². The summed E-state index contributed by atoms with van der Waals surface area (Å²) in [7, 11) is 0. The zero-order valence-corrected chi connectivity index (χ0v) is 13.4. The summed E-state index contributed by atoms with van der Waals surface area (Å²) in [5.74, 6) is 1.86. The minimum atomic E-state index is 0. The van der Waals surface area contributed by atoms with E-state index in [1.54, 1.807) is 0 Å². The Kier molecular flexibility index (Phi) is 17.5. The molecule has 2 heteroatoms. The van der Waals surface area contributed by atoms with Gasteiger partial charge in [-0.15, -0.1) is 0 Å². The number of hydrogen-bond donors (Lipinski definition) is 0. The third kappa shape index (κ3) is 23.1. The van der Waals surface area contributed by atoms with Crippen molar-refractivity contribution in [2.75, 3.05) is 0 Å². The summed E-state index contributed by atoms with van der Waals surface area (Å²) >= 11 is 1.57. The summed E-state index contributed by atoms with van der Waals surface area (Å²) in [6.07, 6.45) is 0. The van der Waals surface area contributed by atoms with Gasteiger partial charge in [0, 0.05) is 0 Å². The summed E-state index contributed by atoms with van der Waals surface area (Å²) in [6, 6.07) is 0. The van der Waals surface area contributed by atoms with Crippen LogP contribution in [0.4, 0.5) is 0 Å². The van der Waals surface area contributed by atoms with Crippen LogP contribution in [0.25, 0.3) is 0 Å². The van der Waals surface area contributed by atoms with E-state index in [0.29, 0.717) is 0 Å². The van der Waals surface area contributed by atoms with Gasteiger partial charge in [0.25, 0.3) is 0 Å². The summed E-state index contributed by atoms with van der Waals surface area (Å²) in [6.45, 7) is 13.7. The second kappa shape index (κ2) is 14.1. The van der Waals surface area contributed by atoms with E-state index < -0.39 is 0 Å². The fraction of sp³-hybridized carbons (Fsp3) is 1.00. The molecule has 0 fully saturated rings. The van der Waals surface area contributed by atoms with Crippen molar-refractivity contribution in [3.8, 4) is 0 Å². The van der Waals surface area contributed by atoms with Gasteiger partial charge in [0.1, 0.15) is 0 Å². The number of rotatable bonds is 6. The van der Waals surface area contributed by atoms with Crippen LogP contribution in [0, 0.1) is 11.8 Å². The van der Waals surface area contributed by atoms with E-state index in [4.69, 9.17) is 0 Å². The van der Waals surface area contributed by atoms with E-state index >= 15 is 0 Å².